The van der Waals surface area contributed by atoms with Crippen molar-refractivity contribution in [2.75, 3.05) is 0 Å². The van der Waals surface area contributed by atoms with Crippen molar-refractivity contribution < 1.29 is 13.2 Å². The first-order valence-electron chi connectivity index (χ1n) is 3.83. The van der Waals surface area contributed by atoms with Crippen LogP contribution in [0.3, 0.4) is 0 Å². The summed E-state index contributed by atoms with van der Waals surface area (Å²) >= 11 is 1.44. The van der Waals surface area contributed by atoms with Gasteiger partial charge in [0.25, 0.3) is 0 Å². The fourth-order valence-electron chi connectivity index (χ4n) is 0.972. The molecule has 1 heterocycles. The van der Waals surface area contributed by atoms with Crippen LogP contribution in [0.1, 0.15) is 24.4 Å². The van der Waals surface area contributed by atoms with E-state index >= 15 is 0 Å². The Morgan fingerprint density at radius 1 is 1.43 bits per heavy atom. The van der Waals surface area contributed by atoms with Gasteiger partial charge in [0.1, 0.15) is 0 Å². The molecule has 0 saturated heterocycles. The van der Waals surface area contributed by atoms with Gasteiger partial charge in [0, 0.05) is 12.5 Å². The van der Waals surface area contributed by atoms with Crippen LogP contribution in [0.5, 0.6) is 0 Å². The topological polar surface area (TPSA) is 26.0 Å². The number of rotatable bonds is 3. The maximum atomic E-state index is 11.8. The highest BCUT2D eigenvalue weighted by molar-refractivity contribution is 7.07. The first-order valence-corrected chi connectivity index (χ1v) is 4.78. The lowest BCUT2D eigenvalue weighted by Gasteiger charge is -2.11. The predicted octanol–water partition coefficient (Wildman–Crippen LogP) is 3.51. The fraction of sp³-hybridized carbons (Fsp3) is 0.500. The van der Waals surface area contributed by atoms with Crippen LogP contribution in [0.25, 0.3) is 0 Å². The van der Waals surface area contributed by atoms with Crippen molar-refractivity contribution in [3.8, 4) is 0 Å². The van der Waals surface area contributed by atoms with Crippen LogP contribution in [0, 0.1) is 0 Å². The highest BCUT2D eigenvalue weighted by Gasteiger charge is 2.27. The number of halogens is 4. The number of thiophene rings is 1. The van der Waals surface area contributed by atoms with Gasteiger partial charge in [0.2, 0.25) is 0 Å². The van der Waals surface area contributed by atoms with Crippen molar-refractivity contribution >= 4 is 23.7 Å². The van der Waals surface area contributed by atoms with Crippen LogP contribution in [-0.2, 0) is 0 Å². The number of alkyl halides is 3. The van der Waals surface area contributed by atoms with Gasteiger partial charge in [-0.05, 0) is 28.8 Å². The molecule has 0 aliphatic heterocycles. The summed E-state index contributed by atoms with van der Waals surface area (Å²) in [6.07, 6.45) is -4.96. The van der Waals surface area contributed by atoms with Crippen molar-refractivity contribution in [1.82, 2.24) is 0 Å². The summed E-state index contributed by atoms with van der Waals surface area (Å²) in [6, 6.07) is 1.26. The second-order valence-electron chi connectivity index (χ2n) is 2.82. The average molecular weight is 246 g/mol. The summed E-state index contributed by atoms with van der Waals surface area (Å²) in [4.78, 5) is 0. The molecule has 0 aliphatic rings. The third-order valence-corrected chi connectivity index (χ3v) is 2.41. The quantitative estimate of drug-likeness (QED) is 0.867. The maximum Gasteiger partial charge on any atom is 0.389 e. The molecule has 0 saturated carbocycles. The van der Waals surface area contributed by atoms with E-state index in [9.17, 15) is 13.2 Å². The zero-order valence-electron chi connectivity index (χ0n) is 7.25. The second-order valence-corrected chi connectivity index (χ2v) is 3.60. The maximum absolute atomic E-state index is 11.8. The molecular formula is C8H11ClF3NS. The second kappa shape index (κ2) is 5.58. The van der Waals surface area contributed by atoms with E-state index in [1.165, 1.54) is 11.3 Å². The Morgan fingerprint density at radius 2 is 2.07 bits per heavy atom. The average Bonchev–Trinajstić information content (AvgIpc) is 2.50. The van der Waals surface area contributed by atoms with E-state index in [0.29, 0.717) is 0 Å². The zero-order valence-corrected chi connectivity index (χ0v) is 8.88. The van der Waals surface area contributed by atoms with Crippen LogP contribution in [0.15, 0.2) is 16.8 Å². The van der Waals surface area contributed by atoms with Gasteiger partial charge < -0.3 is 5.73 Å². The third kappa shape index (κ3) is 4.83. The van der Waals surface area contributed by atoms with E-state index in [1.54, 1.807) is 11.4 Å². The summed E-state index contributed by atoms with van der Waals surface area (Å²) in [5.74, 6) is 0. The molecule has 82 valence electrons. The van der Waals surface area contributed by atoms with E-state index in [1.807, 2.05) is 5.38 Å². The number of hydrogen-bond donors (Lipinski definition) is 1. The molecule has 0 aromatic carbocycles. The van der Waals surface area contributed by atoms with Crippen molar-refractivity contribution in [1.29, 1.82) is 0 Å². The van der Waals surface area contributed by atoms with Gasteiger partial charge in [0.15, 0.2) is 0 Å². The Morgan fingerprint density at radius 3 is 2.50 bits per heavy atom. The van der Waals surface area contributed by atoms with Gasteiger partial charge in [-0.2, -0.15) is 24.5 Å². The summed E-state index contributed by atoms with van der Waals surface area (Å²) < 4.78 is 35.4. The Hall–Kier alpha value is -0.260. The Kier molecular flexibility index (Phi) is 5.48. The van der Waals surface area contributed by atoms with E-state index in [-0.39, 0.29) is 18.8 Å². The molecule has 2 N–H and O–H groups in total. The molecule has 0 amide bonds. The van der Waals surface area contributed by atoms with Crippen LogP contribution in [0.4, 0.5) is 13.2 Å². The van der Waals surface area contributed by atoms with Crippen LogP contribution >= 0.6 is 23.7 Å². The highest BCUT2D eigenvalue weighted by Crippen LogP contribution is 2.26. The summed E-state index contributed by atoms with van der Waals surface area (Å²) in [7, 11) is 0. The summed E-state index contributed by atoms with van der Waals surface area (Å²) in [5, 5.41) is 3.59. The van der Waals surface area contributed by atoms with E-state index in [4.69, 9.17) is 5.73 Å². The van der Waals surface area contributed by atoms with Crippen molar-refractivity contribution in [3.05, 3.63) is 22.4 Å². The first-order chi connectivity index (χ1) is 5.99. The van der Waals surface area contributed by atoms with Gasteiger partial charge >= 0.3 is 6.18 Å². The van der Waals surface area contributed by atoms with Crippen LogP contribution in [-0.4, -0.2) is 6.18 Å². The standard InChI is InChI=1S/C8H10F3NS.ClH/c9-8(10,11)3-1-7(12)6-2-4-13-5-6;/h2,4-5,7H,1,3,12H2;1H/t7-;/m1./s1. The lowest BCUT2D eigenvalue weighted by molar-refractivity contribution is -0.136. The molecular weight excluding hydrogens is 235 g/mol. The van der Waals surface area contributed by atoms with Gasteiger partial charge in [-0.15, -0.1) is 12.4 Å². The predicted molar refractivity (Wildman–Crippen MR) is 53.8 cm³/mol. The Balaban J connectivity index is 0.00000169. The lowest BCUT2D eigenvalue weighted by atomic mass is 10.1. The smallest absolute Gasteiger partial charge is 0.324 e. The van der Waals surface area contributed by atoms with Crippen molar-refractivity contribution in [2.24, 2.45) is 5.73 Å². The summed E-state index contributed by atoms with van der Waals surface area (Å²) in [5.41, 5.74) is 6.34. The fourth-order valence-corrected chi connectivity index (χ4v) is 1.70. The van der Waals surface area contributed by atoms with Crippen LogP contribution < -0.4 is 5.73 Å². The van der Waals surface area contributed by atoms with Gasteiger partial charge in [-0.3, -0.25) is 0 Å². The molecule has 0 aliphatic carbocycles. The van der Waals surface area contributed by atoms with Crippen molar-refractivity contribution in [3.63, 3.8) is 0 Å². The molecule has 0 bridgehead atoms. The SMILES string of the molecule is Cl.N[C@H](CCC(F)(F)F)c1ccsc1. The molecule has 0 spiro atoms. The normalized spacial score (nSPS) is 13.4. The van der Waals surface area contributed by atoms with E-state index in [0.717, 1.165) is 5.56 Å². The number of hydrogen-bond acceptors (Lipinski definition) is 2. The highest BCUT2D eigenvalue weighted by atomic mass is 35.5. The number of nitrogens with two attached hydrogens (primary N) is 1. The molecule has 14 heavy (non-hydrogen) atoms. The Labute approximate surface area is 90.5 Å². The molecule has 1 aromatic rings. The zero-order chi connectivity index (χ0) is 9.90. The Bertz CT molecular complexity index is 248. The third-order valence-electron chi connectivity index (χ3n) is 1.71. The molecule has 1 aromatic heterocycles. The summed E-state index contributed by atoms with van der Waals surface area (Å²) in [6.45, 7) is 0. The molecule has 0 radical (unpaired) electrons. The molecule has 6 heteroatoms. The molecule has 1 atom stereocenters. The van der Waals surface area contributed by atoms with Gasteiger partial charge in [-0.25, -0.2) is 0 Å². The van der Waals surface area contributed by atoms with Gasteiger partial charge in [-0.1, -0.05) is 0 Å². The van der Waals surface area contributed by atoms with Crippen LogP contribution in [0.2, 0.25) is 0 Å². The minimum absolute atomic E-state index is 0. The van der Waals surface area contributed by atoms with E-state index < -0.39 is 18.6 Å². The molecule has 0 fully saturated rings. The van der Waals surface area contributed by atoms with Crippen molar-refractivity contribution in [2.45, 2.75) is 25.1 Å². The monoisotopic (exact) mass is 245 g/mol. The largest absolute Gasteiger partial charge is 0.389 e. The molecule has 1 rings (SSSR count). The minimum Gasteiger partial charge on any atom is -0.324 e. The minimum atomic E-state index is -4.10. The van der Waals surface area contributed by atoms with Gasteiger partial charge in [0.05, 0.1) is 0 Å². The van der Waals surface area contributed by atoms with E-state index in [2.05, 4.69) is 0 Å². The molecule has 1 nitrogen and oxygen atoms in total. The molecule has 0 unspecified atom stereocenters. The first kappa shape index (κ1) is 13.7. The lowest BCUT2D eigenvalue weighted by Crippen LogP contribution is -2.15.